The standard InChI is InChI=1S/C9H13O4PS/c1-9(2,14)13-7-4-3-5-8(6-7)15(10,11)12/h3-6H,14H2,1-2H3,(H,10,11,12). The van der Waals surface area contributed by atoms with Crippen LogP contribution in [0.15, 0.2) is 29.2 Å². The molecule has 1 atom stereocenters. The van der Waals surface area contributed by atoms with E-state index in [1.165, 1.54) is 18.2 Å². The normalized spacial score (nSPS) is 12.5. The van der Waals surface area contributed by atoms with E-state index in [9.17, 15) is 8.42 Å². The molecule has 0 aliphatic rings. The lowest BCUT2D eigenvalue weighted by Gasteiger charge is -2.21. The summed E-state index contributed by atoms with van der Waals surface area (Å²) < 4.78 is 35.9. The quantitative estimate of drug-likeness (QED) is 0.655. The van der Waals surface area contributed by atoms with Gasteiger partial charge in [0.25, 0.3) is 10.1 Å². The van der Waals surface area contributed by atoms with E-state index in [4.69, 9.17) is 9.29 Å². The van der Waals surface area contributed by atoms with E-state index in [1.807, 2.05) is 13.8 Å². The molecule has 0 saturated carbocycles. The van der Waals surface area contributed by atoms with E-state index in [0.29, 0.717) is 5.75 Å². The van der Waals surface area contributed by atoms with Crippen molar-refractivity contribution in [3.8, 4) is 5.75 Å². The van der Waals surface area contributed by atoms with Crippen molar-refractivity contribution in [2.75, 3.05) is 0 Å². The zero-order valence-corrected chi connectivity index (χ0v) is 10.4. The molecule has 1 N–H and O–H groups in total. The number of hydrogen-bond acceptors (Lipinski definition) is 3. The molecular formula is C9H13O4PS. The fourth-order valence-corrected chi connectivity index (χ4v) is 1.65. The van der Waals surface area contributed by atoms with E-state index >= 15 is 0 Å². The maximum absolute atomic E-state index is 10.8. The first-order chi connectivity index (χ1) is 6.68. The van der Waals surface area contributed by atoms with Crippen molar-refractivity contribution in [1.82, 2.24) is 0 Å². The van der Waals surface area contributed by atoms with Crippen molar-refractivity contribution in [2.24, 2.45) is 0 Å². The molecule has 0 heterocycles. The number of hydrogen-bond donors (Lipinski definition) is 1. The van der Waals surface area contributed by atoms with Crippen LogP contribution >= 0.6 is 9.24 Å². The summed E-state index contributed by atoms with van der Waals surface area (Å²) in [6.45, 7) is 3.63. The highest BCUT2D eigenvalue weighted by Crippen LogP contribution is 2.25. The topological polar surface area (TPSA) is 63.6 Å². The second-order valence-electron chi connectivity index (χ2n) is 3.66. The molecule has 1 aromatic rings. The summed E-state index contributed by atoms with van der Waals surface area (Å²) in [4.78, 5) is -0.172. The Morgan fingerprint density at radius 2 is 2.00 bits per heavy atom. The van der Waals surface area contributed by atoms with Crippen molar-refractivity contribution in [2.45, 2.75) is 24.1 Å². The van der Waals surface area contributed by atoms with Crippen LogP contribution in [0.4, 0.5) is 0 Å². The Balaban J connectivity index is 3.04. The van der Waals surface area contributed by atoms with Crippen LogP contribution in [0.25, 0.3) is 0 Å². The van der Waals surface area contributed by atoms with Crippen molar-refractivity contribution in [3.05, 3.63) is 24.3 Å². The predicted molar refractivity (Wildman–Crippen MR) is 60.7 cm³/mol. The molecular weight excluding hydrogens is 235 g/mol. The van der Waals surface area contributed by atoms with E-state index in [-0.39, 0.29) is 4.90 Å². The highest BCUT2D eigenvalue weighted by molar-refractivity contribution is 7.85. The highest BCUT2D eigenvalue weighted by Gasteiger charge is 2.14. The van der Waals surface area contributed by atoms with Crippen molar-refractivity contribution < 1.29 is 17.7 Å². The van der Waals surface area contributed by atoms with Gasteiger partial charge in [0.2, 0.25) is 0 Å². The van der Waals surface area contributed by atoms with E-state index < -0.39 is 15.5 Å². The highest BCUT2D eigenvalue weighted by atomic mass is 32.2. The van der Waals surface area contributed by atoms with Gasteiger partial charge in [-0.1, -0.05) is 15.3 Å². The molecule has 0 saturated heterocycles. The maximum Gasteiger partial charge on any atom is 0.294 e. The van der Waals surface area contributed by atoms with Crippen LogP contribution < -0.4 is 4.74 Å². The minimum Gasteiger partial charge on any atom is -0.484 e. The number of rotatable bonds is 3. The molecule has 15 heavy (non-hydrogen) atoms. The monoisotopic (exact) mass is 248 g/mol. The Hall–Kier alpha value is -0.640. The summed E-state index contributed by atoms with van der Waals surface area (Å²) in [5.74, 6) is 0.394. The Bertz CT molecular complexity index is 447. The van der Waals surface area contributed by atoms with Gasteiger partial charge in [-0.25, -0.2) is 0 Å². The first kappa shape index (κ1) is 12.4. The van der Waals surface area contributed by atoms with Crippen molar-refractivity contribution >= 4 is 19.4 Å². The first-order valence-electron chi connectivity index (χ1n) is 4.24. The summed E-state index contributed by atoms with van der Waals surface area (Å²) in [6.07, 6.45) is 0. The van der Waals surface area contributed by atoms with E-state index in [0.717, 1.165) is 0 Å². The first-order valence-corrected chi connectivity index (χ1v) is 6.26. The average molecular weight is 248 g/mol. The van der Waals surface area contributed by atoms with Crippen molar-refractivity contribution in [1.29, 1.82) is 0 Å². The third-order valence-corrected chi connectivity index (χ3v) is 2.45. The second-order valence-corrected chi connectivity index (χ2v) is 6.47. The van der Waals surface area contributed by atoms with Crippen LogP contribution in [0.1, 0.15) is 13.8 Å². The molecule has 1 rings (SSSR count). The maximum atomic E-state index is 10.8. The summed E-state index contributed by atoms with van der Waals surface area (Å²) in [5.41, 5.74) is 0. The molecule has 0 radical (unpaired) electrons. The average Bonchev–Trinajstić information content (AvgIpc) is 1.99. The SMILES string of the molecule is CC(C)(P)Oc1cccc(S(=O)(=O)O)c1. The fraction of sp³-hybridized carbons (Fsp3) is 0.333. The van der Waals surface area contributed by atoms with Crippen LogP contribution in [-0.2, 0) is 10.1 Å². The smallest absolute Gasteiger partial charge is 0.294 e. The molecule has 4 nitrogen and oxygen atoms in total. The second kappa shape index (κ2) is 4.08. The predicted octanol–water partition coefficient (Wildman–Crippen LogP) is 1.92. The molecule has 84 valence electrons. The van der Waals surface area contributed by atoms with Crippen LogP contribution in [0.3, 0.4) is 0 Å². The summed E-state index contributed by atoms with van der Waals surface area (Å²) in [7, 11) is -1.69. The Kier molecular flexibility index (Phi) is 3.38. The minimum absolute atomic E-state index is 0.172. The fourth-order valence-electron chi connectivity index (χ4n) is 1.00. The third-order valence-electron chi connectivity index (χ3n) is 1.48. The van der Waals surface area contributed by atoms with Gasteiger partial charge in [0.1, 0.15) is 11.1 Å². The lowest BCUT2D eigenvalue weighted by Crippen LogP contribution is -2.18. The van der Waals surface area contributed by atoms with Crippen LogP contribution in [-0.4, -0.2) is 18.3 Å². The van der Waals surface area contributed by atoms with Crippen molar-refractivity contribution in [3.63, 3.8) is 0 Å². The molecule has 0 aliphatic carbocycles. The van der Waals surface area contributed by atoms with Gasteiger partial charge in [0.05, 0.1) is 4.90 Å². The third kappa shape index (κ3) is 4.16. The zero-order valence-electron chi connectivity index (χ0n) is 8.47. The van der Waals surface area contributed by atoms with Gasteiger partial charge < -0.3 is 4.74 Å². The molecule has 0 amide bonds. The molecule has 1 aromatic carbocycles. The number of ether oxygens (including phenoxy) is 1. The molecule has 0 bridgehead atoms. The van der Waals surface area contributed by atoms with Gasteiger partial charge in [-0.3, -0.25) is 4.55 Å². The van der Waals surface area contributed by atoms with Gasteiger partial charge in [-0.2, -0.15) is 8.42 Å². The zero-order chi connectivity index (χ0) is 11.7. The Morgan fingerprint density at radius 1 is 1.40 bits per heavy atom. The van der Waals surface area contributed by atoms with Gasteiger partial charge in [0, 0.05) is 6.07 Å². The number of benzene rings is 1. The van der Waals surface area contributed by atoms with E-state index in [1.54, 1.807) is 6.07 Å². The molecule has 0 fully saturated rings. The van der Waals surface area contributed by atoms with Crippen LogP contribution in [0, 0.1) is 0 Å². The van der Waals surface area contributed by atoms with Gasteiger partial charge in [-0.15, -0.1) is 0 Å². The largest absolute Gasteiger partial charge is 0.484 e. The van der Waals surface area contributed by atoms with E-state index in [2.05, 4.69) is 9.24 Å². The van der Waals surface area contributed by atoms with Gasteiger partial charge >= 0.3 is 0 Å². The summed E-state index contributed by atoms with van der Waals surface area (Å²) in [5, 5.41) is -0.488. The molecule has 0 spiro atoms. The Labute approximate surface area is 91.6 Å². The minimum atomic E-state index is -4.17. The van der Waals surface area contributed by atoms with Crippen LogP contribution in [0.2, 0.25) is 0 Å². The lowest BCUT2D eigenvalue weighted by atomic mass is 10.3. The molecule has 6 heteroatoms. The Morgan fingerprint density at radius 3 is 2.47 bits per heavy atom. The van der Waals surface area contributed by atoms with Crippen LogP contribution in [0.5, 0.6) is 5.75 Å². The lowest BCUT2D eigenvalue weighted by molar-refractivity contribution is 0.205. The summed E-state index contributed by atoms with van der Waals surface area (Å²) >= 11 is 0. The molecule has 0 aromatic heterocycles. The summed E-state index contributed by atoms with van der Waals surface area (Å²) in [6, 6.07) is 5.72. The molecule has 0 aliphatic heterocycles. The molecule has 1 unspecified atom stereocenters. The van der Waals surface area contributed by atoms with Gasteiger partial charge in [0.15, 0.2) is 0 Å². The van der Waals surface area contributed by atoms with Gasteiger partial charge in [-0.05, 0) is 26.0 Å².